The van der Waals surface area contributed by atoms with Gasteiger partial charge in [-0.1, -0.05) is 29.2 Å². The van der Waals surface area contributed by atoms with Gasteiger partial charge in [0.2, 0.25) is 0 Å². The predicted octanol–water partition coefficient (Wildman–Crippen LogP) is 2.10. The van der Waals surface area contributed by atoms with Crippen molar-refractivity contribution in [3.63, 3.8) is 0 Å². The van der Waals surface area contributed by atoms with E-state index in [1.807, 2.05) is 11.9 Å². The molecular weight excluding hydrogens is 392 g/mol. The van der Waals surface area contributed by atoms with Gasteiger partial charge >= 0.3 is 0 Å². The van der Waals surface area contributed by atoms with Crippen LogP contribution in [0.1, 0.15) is 17.9 Å². The van der Waals surface area contributed by atoms with Crippen molar-refractivity contribution in [1.29, 1.82) is 0 Å². The lowest BCUT2D eigenvalue weighted by Gasteiger charge is -2.34. The van der Waals surface area contributed by atoms with Gasteiger partial charge in [0.15, 0.2) is 5.43 Å². The van der Waals surface area contributed by atoms with Gasteiger partial charge in [0.25, 0.3) is 0 Å². The molecule has 2 unspecified atom stereocenters. The molecule has 1 fully saturated rings. The number of β-amino-alcohol motifs (C(OH)–C–C–N with tert-alkyl or cyclic N) is 1. The van der Waals surface area contributed by atoms with Gasteiger partial charge in [-0.05, 0) is 26.1 Å². The van der Waals surface area contributed by atoms with E-state index in [1.165, 1.54) is 6.07 Å². The van der Waals surface area contributed by atoms with E-state index in [4.69, 9.17) is 23.9 Å². The molecule has 0 amide bonds. The second kappa shape index (κ2) is 7.41. The molecule has 1 aromatic heterocycles. The minimum Gasteiger partial charge on any atom is -0.507 e. The lowest BCUT2D eigenvalue weighted by molar-refractivity contribution is 0.0631. The Kier molecular flexibility index (Phi) is 5.06. The van der Waals surface area contributed by atoms with Gasteiger partial charge in [0.1, 0.15) is 36.1 Å². The third-order valence-electron chi connectivity index (χ3n) is 5.41. The Morgan fingerprint density at radius 1 is 1.21 bits per heavy atom. The highest BCUT2D eigenvalue weighted by Crippen LogP contribution is 2.42. The summed E-state index contributed by atoms with van der Waals surface area (Å²) in [5.74, 6) is -0.914. The largest absolute Gasteiger partial charge is 0.507 e. The second-order valence-corrected chi connectivity index (χ2v) is 7.88. The van der Waals surface area contributed by atoms with Crippen LogP contribution in [0.4, 0.5) is 0 Å². The number of fused-ring (bicyclic) bond motifs is 1. The number of aliphatic hydroxyl groups is 1. The van der Waals surface area contributed by atoms with Crippen molar-refractivity contribution in [3.05, 3.63) is 51.1 Å². The normalized spacial score (nSPS) is 20.2. The van der Waals surface area contributed by atoms with Crippen molar-refractivity contribution in [2.45, 2.75) is 18.4 Å². The molecule has 2 aromatic carbocycles. The Morgan fingerprint density at radius 3 is 2.69 bits per heavy atom. The van der Waals surface area contributed by atoms with E-state index in [-0.39, 0.29) is 28.2 Å². The zero-order chi connectivity index (χ0) is 20.9. The number of phenols is 2. The molecule has 1 saturated heterocycles. The Morgan fingerprint density at radius 2 is 1.97 bits per heavy atom. The molecule has 2 heterocycles. The maximum absolute atomic E-state index is 12.8. The number of aliphatic hydroxyl groups excluding tert-OH is 1. The molecule has 6 nitrogen and oxygen atoms in total. The number of rotatable bonds is 2. The van der Waals surface area contributed by atoms with E-state index in [0.29, 0.717) is 41.1 Å². The number of phenolic OH excluding ortho intramolecular Hbond substituents is 2. The van der Waals surface area contributed by atoms with Crippen LogP contribution in [0.15, 0.2) is 39.5 Å². The Bertz CT molecular complexity index is 1160. The van der Waals surface area contributed by atoms with Crippen molar-refractivity contribution in [3.8, 4) is 22.8 Å². The molecule has 0 saturated carbocycles. The number of halogens is 1. The van der Waals surface area contributed by atoms with Crippen LogP contribution in [0, 0.1) is 0 Å². The first-order chi connectivity index (χ1) is 13.8. The first-order valence-electron chi connectivity index (χ1n) is 9.21. The summed E-state index contributed by atoms with van der Waals surface area (Å²) in [5.41, 5.74) is 0.718. The molecule has 29 heavy (non-hydrogen) atoms. The highest BCUT2D eigenvalue weighted by atomic mass is 35.5. The molecule has 4 rings (SSSR count). The number of benzene rings is 2. The van der Waals surface area contributed by atoms with Crippen LogP contribution in [0.25, 0.3) is 22.3 Å². The number of piperidine rings is 1. The summed E-state index contributed by atoms with van der Waals surface area (Å²) in [7, 11) is 7.74. The quantitative estimate of drug-likeness (QED) is 0.559. The fraction of sp³-hybridized carbons (Fsp3) is 0.286. The molecule has 3 aromatic rings. The maximum Gasteiger partial charge on any atom is 0.197 e. The van der Waals surface area contributed by atoms with Crippen molar-refractivity contribution in [2.24, 2.45) is 0 Å². The summed E-state index contributed by atoms with van der Waals surface area (Å²) < 4.78 is 6.00. The third-order valence-corrected chi connectivity index (χ3v) is 5.74. The highest BCUT2D eigenvalue weighted by Gasteiger charge is 2.33. The lowest BCUT2D eigenvalue weighted by atomic mass is 9.85. The van der Waals surface area contributed by atoms with Crippen molar-refractivity contribution < 1.29 is 19.7 Å². The number of aromatic hydroxyl groups is 2. The first kappa shape index (κ1) is 19.8. The first-order valence-corrected chi connectivity index (χ1v) is 9.58. The van der Waals surface area contributed by atoms with Crippen molar-refractivity contribution in [1.82, 2.24) is 4.90 Å². The molecule has 0 bridgehead atoms. The summed E-state index contributed by atoms with van der Waals surface area (Å²) in [4.78, 5) is 14.8. The predicted molar refractivity (Wildman–Crippen MR) is 113 cm³/mol. The topological polar surface area (TPSA) is 94.1 Å². The van der Waals surface area contributed by atoms with Crippen LogP contribution in [-0.2, 0) is 0 Å². The number of hydrogen-bond acceptors (Lipinski definition) is 6. The van der Waals surface area contributed by atoms with Gasteiger partial charge in [-0.15, -0.1) is 0 Å². The van der Waals surface area contributed by atoms with Crippen LogP contribution in [0.5, 0.6) is 11.5 Å². The average Bonchev–Trinajstić information content (AvgIpc) is 2.64. The molecule has 148 valence electrons. The van der Waals surface area contributed by atoms with Gasteiger partial charge in [-0.25, -0.2) is 0 Å². The van der Waals surface area contributed by atoms with Crippen LogP contribution in [0.2, 0.25) is 5.02 Å². The maximum atomic E-state index is 12.8. The highest BCUT2D eigenvalue weighted by molar-refractivity contribution is 6.36. The molecule has 1 aliphatic heterocycles. The molecule has 1 aliphatic rings. The lowest BCUT2D eigenvalue weighted by Crippen LogP contribution is -2.40. The molecule has 2 atom stereocenters. The smallest absolute Gasteiger partial charge is 0.197 e. The summed E-state index contributed by atoms with van der Waals surface area (Å²) in [6, 6.07) is 7.15. The zero-order valence-electron chi connectivity index (χ0n) is 15.7. The third kappa shape index (κ3) is 3.50. The fourth-order valence-electron chi connectivity index (χ4n) is 3.97. The SMILES string of the molecule is [B]c1ccc(Cl)c(-c2cc(=O)c3c(O)cc(O)c(C4CCN(C)CC4O)c3o2)c1. The number of nitrogens with zero attached hydrogens (tertiary/aromatic N) is 1. The number of likely N-dealkylation sites (tertiary alicyclic amines) is 1. The summed E-state index contributed by atoms with van der Waals surface area (Å²) in [6.07, 6.45) is -0.213. The minimum atomic E-state index is -0.766. The van der Waals surface area contributed by atoms with Gasteiger partial charge < -0.3 is 24.6 Å². The number of hydrogen-bond donors (Lipinski definition) is 3. The van der Waals surface area contributed by atoms with E-state index >= 15 is 0 Å². The van der Waals surface area contributed by atoms with Crippen molar-refractivity contribution >= 4 is 35.9 Å². The minimum absolute atomic E-state index is 0.0390. The van der Waals surface area contributed by atoms with Crippen LogP contribution in [-0.4, -0.2) is 54.3 Å². The Balaban J connectivity index is 2.00. The van der Waals surface area contributed by atoms with Crippen molar-refractivity contribution in [2.75, 3.05) is 20.1 Å². The van der Waals surface area contributed by atoms with E-state index < -0.39 is 17.5 Å². The molecular formula is C21H19BClNO5. The fourth-order valence-corrected chi connectivity index (χ4v) is 4.18. The van der Waals surface area contributed by atoms with Crippen LogP contribution < -0.4 is 10.9 Å². The van der Waals surface area contributed by atoms with E-state index in [2.05, 4.69) is 0 Å². The van der Waals surface area contributed by atoms with E-state index in [0.717, 1.165) is 6.07 Å². The van der Waals surface area contributed by atoms with Gasteiger partial charge in [0.05, 0.1) is 11.1 Å². The average molecular weight is 412 g/mol. The van der Waals surface area contributed by atoms with E-state index in [9.17, 15) is 20.1 Å². The van der Waals surface area contributed by atoms with Gasteiger partial charge in [-0.2, -0.15) is 0 Å². The van der Waals surface area contributed by atoms with Crippen LogP contribution >= 0.6 is 11.6 Å². The molecule has 0 spiro atoms. The molecule has 2 radical (unpaired) electrons. The summed E-state index contributed by atoms with van der Waals surface area (Å²) in [5, 5.41) is 31.8. The standard InChI is InChI=1S/C21H19BClNO5/c1-24-5-4-11(17(28)9-24)19-14(25)7-15(26)20-16(27)8-18(29-21(19)20)12-6-10(22)2-3-13(12)23/h2-3,6-8,11,17,25-26,28H,4-5,9H2,1H3. The molecule has 0 aliphatic carbocycles. The van der Waals surface area contributed by atoms with Gasteiger partial charge in [-0.3, -0.25) is 4.79 Å². The zero-order valence-corrected chi connectivity index (χ0v) is 16.5. The number of likely N-dealkylation sites (N-methyl/N-ethyl adjacent to an activating group) is 1. The molecule has 3 N–H and O–H groups in total. The molecule has 8 heteroatoms. The summed E-state index contributed by atoms with van der Waals surface area (Å²) in [6.45, 7) is 1.12. The Hall–Kier alpha value is -2.48. The van der Waals surface area contributed by atoms with E-state index in [1.54, 1.807) is 18.2 Å². The van der Waals surface area contributed by atoms with Crippen LogP contribution in [0.3, 0.4) is 0 Å². The van der Waals surface area contributed by atoms with Gasteiger partial charge in [0, 0.05) is 35.7 Å². The second-order valence-electron chi connectivity index (χ2n) is 7.47. The summed E-state index contributed by atoms with van der Waals surface area (Å²) >= 11 is 6.26. The Labute approximate surface area is 173 Å². The monoisotopic (exact) mass is 411 g/mol.